The van der Waals surface area contributed by atoms with Crippen molar-refractivity contribution in [3.05, 3.63) is 61.0 Å². The summed E-state index contributed by atoms with van der Waals surface area (Å²) in [6, 6.07) is 5.53. The number of carbonyl (C=O) groups excluding carboxylic acids is 2. The van der Waals surface area contributed by atoms with Gasteiger partial charge in [-0.1, -0.05) is 36.7 Å². The van der Waals surface area contributed by atoms with Crippen molar-refractivity contribution in [3.63, 3.8) is 0 Å². The quantitative estimate of drug-likeness (QED) is 0.409. The van der Waals surface area contributed by atoms with Crippen molar-refractivity contribution in [1.82, 2.24) is 15.2 Å². The Morgan fingerprint density at radius 1 is 1.20 bits per heavy atom. The number of halogens is 1. The summed E-state index contributed by atoms with van der Waals surface area (Å²) in [5, 5.41) is 14.3. The first-order valence-electron chi connectivity index (χ1n) is 11.8. The van der Waals surface area contributed by atoms with Crippen molar-refractivity contribution >= 4 is 39.6 Å². The molecule has 2 heterocycles. The van der Waals surface area contributed by atoms with E-state index >= 15 is 0 Å². The van der Waals surface area contributed by atoms with E-state index in [2.05, 4.69) is 31.5 Å². The summed E-state index contributed by atoms with van der Waals surface area (Å²) < 4.78 is 0.709. The SMILES string of the molecule is Cc1cc(C)c(CNC(=O)c2cc(Br)cc(NC3CCN(C(=O)C(C)(C)C)CC3)c2C=N)c(=O)[nH]1. The molecule has 4 N–H and O–H groups in total. The van der Waals surface area contributed by atoms with Crippen LogP contribution in [-0.2, 0) is 11.3 Å². The van der Waals surface area contributed by atoms with Gasteiger partial charge in [-0.05, 0) is 50.5 Å². The highest BCUT2D eigenvalue weighted by Crippen LogP contribution is 2.28. The van der Waals surface area contributed by atoms with Gasteiger partial charge in [-0.3, -0.25) is 14.4 Å². The van der Waals surface area contributed by atoms with Crippen LogP contribution in [0, 0.1) is 24.7 Å². The molecule has 0 aliphatic carbocycles. The summed E-state index contributed by atoms with van der Waals surface area (Å²) in [5.74, 6) is -0.210. The predicted octanol–water partition coefficient (Wildman–Crippen LogP) is 4.13. The molecule has 2 aromatic rings. The molecule has 0 saturated carbocycles. The summed E-state index contributed by atoms with van der Waals surface area (Å²) in [6.07, 6.45) is 2.73. The number of nitrogens with zero attached hydrogens (tertiary/aromatic N) is 1. The minimum absolute atomic E-state index is 0.0905. The van der Waals surface area contributed by atoms with Crippen molar-refractivity contribution < 1.29 is 9.59 Å². The lowest BCUT2D eigenvalue weighted by molar-refractivity contribution is -0.140. The van der Waals surface area contributed by atoms with E-state index in [1.807, 2.05) is 51.7 Å². The van der Waals surface area contributed by atoms with E-state index in [1.54, 1.807) is 6.07 Å². The first-order chi connectivity index (χ1) is 16.4. The Morgan fingerprint density at radius 2 is 1.86 bits per heavy atom. The molecular formula is C26H34BrN5O3. The fraction of sp³-hybridized carbons (Fsp3) is 0.462. The molecule has 1 saturated heterocycles. The van der Waals surface area contributed by atoms with Gasteiger partial charge in [0.25, 0.3) is 11.5 Å². The third kappa shape index (κ3) is 6.39. The zero-order valence-electron chi connectivity index (χ0n) is 21.0. The summed E-state index contributed by atoms with van der Waals surface area (Å²) >= 11 is 3.48. The van der Waals surface area contributed by atoms with Gasteiger partial charge in [0, 0.05) is 64.3 Å². The summed E-state index contributed by atoms with van der Waals surface area (Å²) in [5.41, 5.74) is 2.98. The third-order valence-electron chi connectivity index (χ3n) is 6.24. The number of aryl methyl sites for hydroxylation is 2. The lowest BCUT2D eigenvalue weighted by atomic mass is 9.93. The van der Waals surface area contributed by atoms with Crippen LogP contribution in [0.3, 0.4) is 0 Å². The maximum atomic E-state index is 13.1. The molecule has 9 heteroatoms. The number of aromatic nitrogens is 1. The molecule has 8 nitrogen and oxygen atoms in total. The van der Waals surface area contributed by atoms with Crippen LogP contribution in [0.4, 0.5) is 5.69 Å². The van der Waals surface area contributed by atoms with Crippen LogP contribution in [-0.4, -0.2) is 47.0 Å². The average Bonchev–Trinajstić information content (AvgIpc) is 2.77. The van der Waals surface area contributed by atoms with Crippen LogP contribution in [0.15, 0.2) is 27.5 Å². The zero-order valence-corrected chi connectivity index (χ0v) is 22.6. The molecular weight excluding hydrogens is 510 g/mol. The van der Waals surface area contributed by atoms with E-state index in [0.717, 1.165) is 24.1 Å². The molecule has 1 fully saturated rings. The van der Waals surface area contributed by atoms with E-state index < -0.39 is 5.41 Å². The van der Waals surface area contributed by atoms with Crippen molar-refractivity contribution in [1.29, 1.82) is 5.41 Å². The average molecular weight is 544 g/mol. The van der Waals surface area contributed by atoms with Crippen molar-refractivity contribution in [2.24, 2.45) is 5.41 Å². The summed E-state index contributed by atoms with van der Waals surface area (Å²) in [4.78, 5) is 42.6. The molecule has 3 rings (SSSR count). The predicted molar refractivity (Wildman–Crippen MR) is 142 cm³/mol. The number of carbonyl (C=O) groups is 2. The van der Waals surface area contributed by atoms with Crippen molar-refractivity contribution in [2.45, 2.75) is 60.0 Å². The number of likely N-dealkylation sites (tertiary alicyclic amines) is 1. The first kappa shape index (κ1) is 26.7. The lowest BCUT2D eigenvalue weighted by Crippen LogP contribution is -2.46. The van der Waals surface area contributed by atoms with E-state index in [1.165, 1.54) is 6.21 Å². The van der Waals surface area contributed by atoms with E-state index in [-0.39, 0.29) is 30.0 Å². The number of anilines is 1. The summed E-state index contributed by atoms with van der Waals surface area (Å²) in [7, 11) is 0. The second kappa shape index (κ2) is 10.8. The van der Waals surface area contributed by atoms with Gasteiger partial charge in [-0.25, -0.2) is 0 Å². The van der Waals surface area contributed by atoms with Gasteiger partial charge in [-0.2, -0.15) is 0 Å². The van der Waals surface area contributed by atoms with Gasteiger partial charge in [0.15, 0.2) is 0 Å². The van der Waals surface area contributed by atoms with Gasteiger partial charge in [0.1, 0.15) is 0 Å². The van der Waals surface area contributed by atoms with Crippen LogP contribution in [0.2, 0.25) is 0 Å². The fourth-order valence-electron chi connectivity index (χ4n) is 4.37. The number of pyridine rings is 1. The Hall–Kier alpha value is -2.94. The van der Waals surface area contributed by atoms with Crippen LogP contribution >= 0.6 is 15.9 Å². The summed E-state index contributed by atoms with van der Waals surface area (Å²) in [6.45, 7) is 10.9. The van der Waals surface area contributed by atoms with E-state index in [9.17, 15) is 14.4 Å². The second-order valence-corrected chi connectivity index (χ2v) is 11.1. The number of piperidine rings is 1. The van der Waals surface area contributed by atoms with Crippen molar-refractivity contribution in [3.8, 4) is 0 Å². The maximum absolute atomic E-state index is 13.1. The van der Waals surface area contributed by atoms with Crippen LogP contribution in [0.25, 0.3) is 0 Å². The highest BCUT2D eigenvalue weighted by Gasteiger charge is 2.30. The molecule has 0 bridgehead atoms. The Morgan fingerprint density at radius 3 is 2.43 bits per heavy atom. The normalized spacial score (nSPS) is 14.5. The Bertz CT molecular complexity index is 1190. The molecule has 188 valence electrons. The molecule has 0 atom stereocenters. The molecule has 35 heavy (non-hydrogen) atoms. The van der Waals surface area contributed by atoms with Gasteiger partial charge >= 0.3 is 0 Å². The molecule has 0 unspecified atom stereocenters. The number of aromatic amines is 1. The largest absolute Gasteiger partial charge is 0.382 e. The smallest absolute Gasteiger partial charge is 0.253 e. The highest BCUT2D eigenvalue weighted by molar-refractivity contribution is 9.10. The van der Waals surface area contributed by atoms with Crippen LogP contribution in [0.1, 0.15) is 66.4 Å². The number of rotatable bonds is 6. The minimum atomic E-state index is -0.401. The fourth-order valence-corrected chi connectivity index (χ4v) is 4.82. The van der Waals surface area contributed by atoms with Gasteiger partial charge in [-0.15, -0.1) is 0 Å². The molecule has 1 aromatic heterocycles. The number of hydrogen-bond donors (Lipinski definition) is 4. The van der Waals surface area contributed by atoms with Crippen molar-refractivity contribution in [2.75, 3.05) is 18.4 Å². The molecule has 2 amide bonds. The number of hydrogen-bond acceptors (Lipinski definition) is 5. The van der Waals surface area contributed by atoms with Gasteiger partial charge in [0.05, 0.1) is 5.56 Å². The minimum Gasteiger partial charge on any atom is -0.382 e. The Balaban J connectivity index is 1.74. The second-order valence-electron chi connectivity index (χ2n) is 10.1. The van der Waals surface area contributed by atoms with Gasteiger partial charge in [0.2, 0.25) is 5.91 Å². The van der Waals surface area contributed by atoms with E-state index in [0.29, 0.717) is 39.9 Å². The molecule has 0 spiro atoms. The number of H-pyrrole nitrogens is 1. The third-order valence-corrected chi connectivity index (χ3v) is 6.69. The molecule has 1 aliphatic heterocycles. The van der Waals surface area contributed by atoms with E-state index in [4.69, 9.17) is 5.41 Å². The monoisotopic (exact) mass is 543 g/mol. The topological polar surface area (TPSA) is 118 Å². The Kier molecular flexibility index (Phi) is 8.20. The van der Waals surface area contributed by atoms with Gasteiger partial charge < -0.3 is 25.9 Å². The lowest BCUT2D eigenvalue weighted by Gasteiger charge is -2.36. The number of benzene rings is 1. The highest BCUT2D eigenvalue weighted by atomic mass is 79.9. The standard InChI is InChI=1S/C26H34BrN5O3/c1-15-10-16(2)30-24(34)21(15)14-29-23(33)19-11-17(27)12-22(20(19)13-28)31-18-6-8-32(9-7-18)25(35)26(3,4)5/h10-13,18,28,31H,6-9,14H2,1-5H3,(H,29,33)(H,30,34). The first-order valence-corrected chi connectivity index (χ1v) is 12.6. The number of amides is 2. The molecule has 1 aliphatic rings. The maximum Gasteiger partial charge on any atom is 0.253 e. The molecule has 1 aromatic carbocycles. The zero-order chi connectivity index (χ0) is 25.9. The number of nitrogens with one attached hydrogen (secondary N) is 4. The molecule has 0 radical (unpaired) electrons. The van der Waals surface area contributed by atoms with Crippen LogP contribution < -0.4 is 16.2 Å². The van der Waals surface area contributed by atoms with Crippen LogP contribution in [0.5, 0.6) is 0 Å². The Labute approximate surface area is 214 Å².